The molecular weight excluding hydrogens is 106 g/mol. The van der Waals surface area contributed by atoms with Gasteiger partial charge in [0.1, 0.15) is 0 Å². The predicted molar refractivity (Wildman–Crippen MR) is 31.9 cm³/mol. The molecule has 8 heavy (non-hydrogen) atoms. The van der Waals surface area contributed by atoms with Crippen LogP contribution in [0.3, 0.4) is 0 Å². The second-order valence-electron chi connectivity index (χ2n) is 2.13. The number of hydrogen-bond acceptors (Lipinski definition) is 3. The Kier molecular flexibility index (Phi) is 3.77. The van der Waals surface area contributed by atoms with Crippen molar-refractivity contribution >= 4 is 0 Å². The highest BCUT2D eigenvalue weighted by atomic mass is 16.9. The van der Waals surface area contributed by atoms with Crippen LogP contribution < -0.4 is 0 Å². The van der Waals surface area contributed by atoms with Crippen LogP contribution in [0.1, 0.15) is 13.8 Å². The molecule has 0 spiro atoms. The third kappa shape index (κ3) is 5.88. The van der Waals surface area contributed by atoms with Gasteiger partial charge in [0.15, 0.2) is 0 Å². The molecule has 0 saturated carbocycles. The van der Waals surface area contributed by atoms with Gasteiger partial charge < -0.3 is 10.0 Å². The maximum atomic E-state index is 10.0. The van der Waals surface area contributed by atoms with E-state index in [-0.39, 0.29) is 0 Å². The SMILES string of the molecule is CC(C)CON(C)[O-]. The van der Waals surface area contributed by atoms with E-state index in [9.17, 15) is 5.21 Å². The Bertz CT molecular complexity index is 46.4. The normalized spacial score (nSPS) is 11.2. The van der Waals surface area contributed by atoms with Gasteiger partial charge in [0.2, 0.25) is 0 Å². The number of nitrogens with zero attached hydrogens (tertiary/aromatic N) is 1. The lowest BCUT2D eigenvalue weighted by molar-refractivity contribution is -0.110. The zero-order chi connectivity index (χ0) is 6.57. The second kappa shape index (κ2) is 3.83. The van der Waals surface area contributed by atoms with Gasteiger partial charge >= 0.3 is 0 Å². The topological polar surface area (TPSA) is 35.5 Å². The fourth-order valence-electron chi connectivity index (χ4n) is 0.254. The molecule has 0 bridgehead atoms. The predicted octanol–water partition coefficient (Wildman–Crippen LogP) is 1.00. The third-order valence-electron chi connectivity index (χ3n) is 0.590. The zero-order valence-electron chi connectivity index (χ0n) is 5.55. The summed E-state index contributed by atoms with van der Waals surface area (Å²) in [6, 6.07) is 0. The van der Waals surface area contributed by atoms with Crippen LogP contribution in [0.2, 0.25) is 0 Å². The number of hydroxylamine groups is 2. The Labute approximate surface area is 49.8 Å². The standard InChI is InChI=1S/C5H12NO2/c1-5(2)4-8-6(3)7/h5H,4H2,1-3H3/q-1. The van der Waals surface area contributed by atoms with Gasteiger partial charge in [0.05, 0.1) is 6.61 Å². The van der Waals surface area contributed by atoms with E-state index < -0.39 is 0 Å². The van der Waals surface area contributed by atoms with Gasteiger partial charge in [-0.25, -0.2) is 0 Å². The maximum absolute atomic E-state index is 10.0. The summed E-state index contributed by atoms with van der Waals surface area (Å²) >= 11 is 0. The van der Waals surface area contributed by atoms with Gasteiger partial charge in [0, 0.05) is 0 Å². The van der Waals surface area contributed by atoms with Crippen LogP contribution in [0.25, 0.3) is 0 Å². The Morgan fingerprint density at radius 2 is 2.12 bits per heavy atom. The van der Waals surface area contributed by atoms with E-state index in [2.05, 4.69) is 4.84 Å². The monoisotopic (exact) mass is 118 g/mol. The van der Waals surface area contributed by atoms with Crippen molar-refractivity contribution in [3.8, 4) is 0 Å². The summed E-state index contributed by atoms with van der Waals surface area (Å²) in [5.41, 5.74) is 0. The number of hydrogen-bond donors (Lipinski definition) is 0. The molecule has 0 atom stereocenters. The highest BCUT2D eigenvalue weighted by Gasteiger charge is 1.90. The molecule has 0 aromatic carbocycles. The van der Waals surface area contributed by atoms with Crippen LogP contribution in [-0.2, 0) is 4.84 Å². The Balaban J connectivity index is 2.93. The second-order valence-corrected chi connectivity index (χ2v) is 2.13. The Morgan fingerprint density at radius 3 is 2.25 bits per heavy atom. The van der Waals surface area contributed by atoms with E-state index in [1.165, 1.54) is 7.05 Å². The first-order valence-electron chi connectivity index (χ1n) is 2.66. The van der Waals surface area contributed by atoms with Crippen LogP contribution in [-0.4, -0.2) is 18.9 Å². The van der Waals surface area contributed by atoms with E-state index >= 15 is 0 Å². The molecule has 0 fully saturated rings. The van der Waals surface area contributed by atoms with Gasteiger partial charge in [-0.15, -0.1) is 0 Å². The molecule has 3 heteroatoms. The van der Waals surface area contributed by atoms with Gasteiger partial charge in [0.25, 0.3) is 0 Å². The van der Waals surface area contributed by atoms with E-state index in [1.807, 2.05) is 13.8 Å². The van der Waals surface area contributed by atoms with Crippen LogP contribution in [0.15, 0.2) is 0 Å². The molecule has 0 saturated heterocycles. The van der Waals surface area contributed by atoms with E-state index in [1.54, 1.807) is 0 Å². The maximum Gasteiger partial charge on any atom is 0.0695 e. The first-order chi connectivity index (χ1) is 3.63. The molecular formula is C5H12NO2-. The average Bonchev–Trinajstić information content (AvgIpc) is 1.61. The summed E-state index contributed by atoms with van der Waals surface area (Å²) in [4.78, 5) is 4.58. The van der Waals surface area contributed by atoms with Crippen LogP contribution in [0, 0.1) is 11.1 Å². The summed E-state index contributed by atoms with van der Waals surface area (Å²) in [7, 11) is 1.34. The van der Waals surface area contributed by atoms with Crippen molar-refractivity contribution in [1.29, 1.82) is 0 Å². The molecule has 0 rings (SSSR count). The molecule has 0 aliphatic carbocycles. The Hall–Kier alpha value is -0.120. The lowest BCUT2D eigenvalue weighted by atomic mass is 10.2. The van der Waals surface area contributed by atoms with Crippen molar-refractivity contribution in [2.24, 2.45) is 5.92 Å². The molecule has 0 unspecified atom stereocenters. The van der Waals surface area contributed by atoms with E-state index in [0.717, 1.165) is 0 Å². The molecule has 0 aromatic heterocycles. The zero-order valence-corrected chi connectivity index (χ0v) is 5.55. The average molecular weight is 118 g/mol. The lowest BCUT2D eigenvalue weighted by Crippen LogP contribution is -2.14. The molecule has 0 N–H and O–H groups in total. The minimum atomic E-state index is 0.423. The Morgan fingerprint density at radius 1 is 1.62 bits per heavy atom. The number of rotatable bonds is 3. The van der Waals surface area contributed by atoms with Crippen molar-refractivity contribution in [3.05, 3.63) is 5.21 Å². The highest BCUT2D eigenvalue weighted by Crippen LogP contribution is 1.92. The smallest absolute Gasteiger partial charge is 0.0695 e. The van der Waals surface area contributed by atoms with Gasteiger partial charge in [-0.2, -0.15) is 0 Å². The van der Waals surface area contributed by atoms with Crippen molar-refractivity contribution in [1.82, 2.24) is 5.23 Å². The van der Waals surface area contributed by atoms with Gasteiger partial charge in [-0.1, -0.05) is 13.8 Å². The van der Waals surface area contributed by atoms with Crippen LogP contribution >= 0.6 is 0 Å². The molecule has 0 aliphatic rings. The van der Waals surface area contributed by atoms with Crippen LogP contribution in [0.4, 0.5) is 0 Å². The molecule has 0 amide bonds. The molecule has 0 aromatic rings. The largest absolute Gasteiger partial charge is 0.762 e. The van der Waals surface area contributed by atoms with Gasteiger partial charge in [-0.05, 0) is 13.0 Å². The molecule has 50 valence electrons. The quantitative estimate of drug-likeness (QED) is 0.519. The minimum Gasteiger partial charge on any atom is -0.762 e. The fraction of sp³-hybridized carbons (Fsp3) is 1.00. The van der Waals surface area contributed by atoms with Crippen LogP contribution in [0.5, 0.6) is 0 Å². The first-order valence-corrected chi connectivity index (χ1v) is 2.66. The lowest BCUT2D eigenvalue weighted by Gasteiger charge is -2.21. The van der Waals surface area contributed by atoms with Crippen molar-refractivity contribution < 1.29 is 4.84 Å². The summed E-state index contributed by atoms with van der Waals surface area (Å²) in [5.74, 6) is 0.423. The first kappa shape index (κ1) is 7.88. The summed E-state index contributed by atoms with van der Waals surface area (Å²) in [5, 5.41) is 10.5. The molecule has 0 aliphatic heterocycles. The van der Waals surface area contributed by atoms with Crippen molar-refractivity contribution in [2.75, 3.05) is 13.7 Å². The van der Waals surface area contributed by atoms with E-state index in [4.69, 9.17) is 0 Å². The summed E-state index contributed by atoms with van der Waals surface area (Å²) in [6.45, 7) is 4.48. The molecule has 0 radical (unpaired) electrons. The minimum absolute atomic E-state index is 0.423. The molecule has 3 nitrogen and oxygen atoms in total. The van der Waals surface area contributed by atoms with Gasteiger partial charge in [-0.3, -0.25) is 5.23 Å². The third-order valence-corrected chi connectivity index (χ3v) is 0.590. The summed E-state index contributed by atoms with van der Waals surface area (Å²) < 4.78 is 0. The van der Waals surface area contributed by atoms with Crippen molar-refractivity contribution in [3.63, 3.8) is 0 Å². The van der Waals surface area contributed by atoms with Crippen molar-refractivity contribution in [2.45, 2.75) is 13.8 Å². The fourth-order valence-corrected chi connectivity index (χ4v) is 0.254. The highest BCUT2D eigenvalue weighted by molar-refractivity contribution is 4.37. The van der Waals surface area contributed by atoms with E-state index in [0.29, 0.717) is 17.8 Å². The summed E-state index contributed by atoms with van der Waals surface area (Å²) in [6.07, 6.45) is 0. The molecule has 0 heterocycles.